The molecule has 33 heavy (non-hydrogen) atoms. The lowest BCUT2D eigenvalue weighted by Gasteiger charge is -2.47. The molecule has 2 saturated heterocycles. The fourth-order valence-corrected chi connectivity index (χ4v) is 8.31. The van der Waals surface area contributed by atoms with Gasteiger partial charge >= 0.3 is 0 Å². The number of carbonyl (C=O) groups is 1. The highest BCUT2D eigenvalue weighted by Crippen LogP contribution is 2.41. The van der Waals surface area contributed by atoms with Crippen LogP contribution in [0.2, 0.25) is 58.9 Å². The summed E-state index contributed by atoms with van der Waals surface area (Å²) < 4.78 is 32.2. The zero-order valence-corrected chi connectivity index (χ0v) is 26.2. The van der Waals surface area contributed by atoms with Gasteiger partial charge in [-0.15, -0.1) is 0 Å². The number of hydrogen-bond donors (Lipinski definition) is 0. The first-order valence-electron chi connectivity index (χ1n) is 12.7. The third-order valence-corrected chi connectivity index (χ3v) is 9.14. The molecule has 8 atom stereocenters. The summed E-state index contributed by atoms with van der Waals surface area (Å²) in [6.45, 7) is 26.5. The van der Waals surface area contributed by atoms with Gasteiger partial charge in [-0.2, -0.15) is 0 Å². The van der Waals surface area contributed by atoms with E-state index in [0.29, 0.717) is 18.9 Å². The first-order chi connectivity index (χ1) is 14.9. The van der Waals surface area contributed by atoms with Crippen LogP contribution in [0, 0.1) is 11.8 Å². The Morgan fingerprint density at radius 1 is 0.879 bits per heavy atom. The molecule has 0 spiro atoms. The molecule has 0 aliphatic carbocycles. The number of rotatable bonds is 12. The number of carbonyl (C=O) groups excluding carboxylic acids is 1. The van der Waals surface area contributed by atoms with Crippen LogP contribution in [0.5, 0.6) is 0 Å². The van der Waals surface area contributed by atoms with E-state index >= 15 is 0 Å². The minimum absolute atomic E-state index is 0.0719. The molecule has 0 aromatic rings. The third-order valence-electron chi connectivity index (χ3n) is 6.10. The minimum atomic E-state index is -1.88. The first kappa shape index (κ1) is 29.4. The Hall–Kier alpha value is 0.121. The van der Waals surface area contributed by atoms with E-state index in [-0.39, 0.29) is 48.3 Å². The monoisotopic (exact) mass is 518 g/mol. The maximum absolute atomic E-state index is 12.0. The summed E-state index contributed by atoms with van der Waals surface area (Å²) in [4.78, 5) is 12.0. The lowest BCUT2D eigenvalue weighted by Crippen LogP contribution is -2.58. The molecular formula is C24H50O6Si3. The van der Waals surface area contributed by atoms with E-state index in [9.17, 15) is 4.79 Å². The molecule has 0 saturated carbocycles. The molecule has 8 unspecified atom stereocenters. The molecule has 0 radical (unpaired) electrons. The minimum Gasteiger partial charge on any atom is -0.415 e. The van der Waals surface area contributed by atoms with Crippen molar-refractivity contribution in [2.45, 2.75) is 129 Å². The molecule has 0 bridgehead atoms. The molecule has 0 N–H and O–H groups in total. The lowest BCUT2D eigenvalue weighted by atomic mass is 9.86. The summed E-state index contributed by atoms with van der Waals surface area (Å²) in [5.41, 5.74) is 0. The van der Waals surface area contributed by atoms with Crippen molar-refractivity contribution in [3.63, 3.8) is 0 Å². The smallest absolute Gasteiger partial charge is 0.184 e. The topological polar surface area (TPSA) is 66.5 Å². The van der Waals surface area contributed by atoms with Gasteiger partial charge in [0.2, 0.25) is 0 Å². The van der Waals surface area contributed by atoms with Crippen molar-refractivity contribution in [3.8, 4) is 0 Å². The van der Waals surface area contributed by atoms with Gasteiger partial charge in [0.05, 0.1) is 37.1 Å². The largest absolute Gasteiger partial charge is 0.415 e. The maximum Gasteiger partial charge on any atom is 0.184 e. The van der Waals surface area contributed by atoms with E-state index in [1.807, 2.05) is 0 Å². The van der Waals surface area contributed by atoms with Crippen LogP contribution in [-0.4, -0.2) is 74.0 Å². The molecule has 0 aromatic heterocycles. The molecular weight excluding hydrogens is 469 g/mol. The van der Waals surface area contributed by atoms with Crippen molar-refractivity contribution in [1.82, 2.24) is 0 Å². The van der Waals surface area contributed by atoms with Gasteiger partial charge in [0.15, 0.2) is 25.0 Å². The predicted molar refractivity (Wildman–Crippen MR) is 141 cm³/mol. The second-order valence-corrected chi connectivity index (χ2v) is 26.5. The van der Waals surface area contributed by atoms with Crippen molar-refractivity contribution >= 4 is 30.7 Å². The van der Waals surface area contributed by atoms with Crippen LogP contribution in [-0.2, 0) is 27.5 Å². The fraction of sp³-hybridized carbons (Fsp3) is 0.958. The summed E-state index contributed by atoms with van der Waals surface area (Å²) in [6, 6.07) is 0. The van der Waals surface area contributed by atoms with E-state index in [4.69, 9.17) is 22.8 Å². The number of epoxide rings is 1. The van der Waals surface area contributed by atoms with Crippen LogP contribution >= 0.6 is 0 Å². The van der Waals surface area contributed by atoms with Crippen LogP contribution in [0.4, 0.5) is 0 Å². The molecule has 6 nitrogen and oxygen atoms in total. The molecule has 0 aromatic carbocycles. The standard InChI is InChI=1S/C24H50O6Si3/c1-16(25)13-20-24(30-33(10,11)12)23(29-32(7,8)9)19(15-26-20)14-21-22(27-21)17(2)18(3)28-31(4,5)6/h17-24H,13-15H2,1-12H3. The van der Waals surface area contributed by atoms with E-state index in [2.05, 4.69) is 72.8 Å². The second kappa shape index (κ2) is 11.0. The van der Waals surface area contributed by atoms with E-state index in [0.717, 1.165) is 6.42 Å². The highest BCUT2D eigenvalue weighted by atomic mass is 28.4. The Kier molecular flexibility index (Phi) is 9.81. The predicted octanol–water partition coefficient (Wildman–Crippen LogP) is 5.45. The van der Waals surface area contributed by atoms with Crippen molar-refractivity contribution in [2.24, 2.45) is 11.8 Å². The number of ether oxygens (including phenoxy) is 2. The average molecular weight is 519 g/mol. The summed E-state index contributed by atoms with van der Waals surface area (Å²) in [5.74, 6) is 0.670. The zero-order chi connectivity index (χ0) is 25.4. The van der Waals surface area contributed by atoms with Crippen LogP contribution < -0.4 is 0 Å². The first-order valence-corrected chi connectivity index (χ1v) is 22.9. The Morgan fingerprint density at radius 3 is 1.91 bits per heavy atom. The summed E-state index contributed by atoms with van der Waals surface area (Å²) in [5, 5.41) is 0. The number of hydrogen-bond acceptors (Lipinski definition) is 6. The second-order valence-electron chi connectivity index (χ2n) is 13.1. The van der Waals surface area contributed by atoms with Crippen molar-refractivity contribution in [3.05, 3.63) is 0 Å². The SMILES string of the molecule is CC(=O)CC1OCC(CC2OC2C(C)C(C)O[Si](C)(C)C)C(O[Si](C)(C)C)C1O[Si](C)(C)C. The normalized spacial score (nSPS) is 33.0. The highest BCUT2D eigenvalue weighted by Gasteiger charge is 2.51. The van der Waals surface area contributed by atoms with Crippen molar-refractivity contribution in [2.75, 3.05) is 6.61 Å². The fourth-order valence-electron chi connectivity index (χ4n) is 4.74. The molecule has 2 rings (SSSR count). The van der Waals surface area contributed by atoms with Gasteiger partial charge < -0.3 is 22.8 Å². The van der Waals surface area contributed by atoms with Gasteiger partial charge in [-0.05, 0) is 79.2 Å². The van der Waals surface area contributed by atoms with Gasteiger partial charge in [0, 0.05) is 24.4 Å². The highest BCUT2D eigenvalue weighted by molar-refractivity contribution is 6.70. The third kappa shape index (κ3) is 9.95. The molecule has 2 aliphatic heterocycles. The molecule has 2 heterocycles. The quantitative estimate of drug-likeness (QED) is 0.253. The van der Waals surface area contributed by atoms with Gasteiger partial charge in [-0.3, -0.25) is 4.79 Å². The van der Waals surface area contributed by atoms with Gasteiger partial charge in [-0.25, -0.2) is 0 Å². The van der Waals surface area contributed by atoms with Gasteiger partial charge in [0.25, 0.3) is 0 Å². The molecule has 9 heteroatoms. The van der Waals surface area contributed by atoms with Crippen LogP contribution in [0.3, 0.4) is 0 Å². The zero-order valence-electron chi connectivity index (χ0n) is 23.2. The average Bonchev–Trinajstić information content (AvgIpc) is 3.34. The van der Waals surface area contributed by atoms with Gasteiger partial charge in [0.1, 0.15) is 5.78 Å². The van der Waals surface area contributed by atoms with Gasteiger partial charge in [-0.1, -0.05) is 6.92 Å². The number of Topliss-reactive ketones (excluding diaryl/α,β-unsaturated/α-hetero) is 1. The molecule has 194 valence electrons. The molecule has 2 fully saturated rings. The van der Waals surface area contributed by atoms with E-state index in [1.54, 1.807) is 6.92 Å². The van der Waals surface area contributed by atoms with Crippen LogP contribution in [0.15, 0.2) is 0 Å². The Morgan fingerprint density at radius 2 is 1.42 bits per heavy atom. The van der Waals surface area contributed by atoms with E-state index < -0.39 is 25.0 Å². The lowest BCUT2D eigenvalue weighted by molar-refractivity contribution is -0.159. The van der Waals surface area contributed by atoms with Crippen molar-refractivity contribution in [1.29, 1.82) is 0 Å². The Bertz CT molecular complexity index is 654. The summed E-state index contributed by atoms with van der Waals surface area (Å²) in [6.07, 6.45) is 1.34. The maximum atomic E-state index is 12.0. The summed E-state index contributed by atoms with van der Waals surface area (Å²) >= 11 is 0. The van der Waals surface area contributed by atoms with E-state index in [1.165, 1.54) is 0 Å². The Balaban J connectivity index is 2.15. The molecule has 2 aliphatic rings. The summed E-state index contributed by atoms with van der Waals surface area (Å²) in [7, 11) is -5.31. The van der Waals surface area contributed by atoms with Crippen LogP contribution in [0.1, 0.15) is 33.6 Å². The molecule has 0 amide bonds. The Labute approximate surface area is 205 Å². The van der Waals surface area contributed by atoms with Crippen molar-refractivity contribution < 1.29 is 27.5 Å². The van der Waals surface area contributed by atoms with Crippen LogP contribution in [0.25, 0.3) is 0 Å². The number of ketones is 1.